The number of rotatable bonds is 42. The second kappa shape index (κ2) is 41.4. The first-order valence-electron chi connectivity index (χ1n) is 23.8. The maximum absolute atomic E-state index is 12.7. The SMILES string of the molecule is CC/C=C\C/C=C\CC(O)/C=C/C=C\C/C=C\CCCC(=O)O[C@H](COC(=O)CCCCCCCCCCC/C=C\CCCCCCCC)COP(=O)(O)OCC[N+](C)(C)C. The van der Waals surface area contributed by atoms with Crippen LogP contribution in [0.3, 0.4) is 0 Å². The first-order valence-corrected chi connectivity index (χ1v) is 25.3. The van der Waals surface area contributed by atoms with Gasteiger partial charge in [-0.05, 0) is 70.6 Å². The van der Waals surface area contributed by atoms with Gasteiger partial charge in [-0.15, -0.1) is 0 Å². The molecule has 0 aliphatic heterocycles. The molecule has 0 saturated heterocycles. The molecule has 0 aromatic rings. The summed E-state index contributed by atoms with van der Waals surface area (Å²) in [5, 5.41) is 10.0. The normalized spacial score (nSPS) is 14.7. The third-order valence-electron chi connectivity index (χ3n) is 9.80. The number of ether oxygens (including phenoxy) is 2. The number of hydrogen-bond donors (Lipinski definition) is 2. The maximum atomic E-state index is 12.7. The number of allylic oxidation sites excluding steroid dienone is 10. The minimum atomic E-state index is -4.41. The molecule has 0 aromatic heterocycles. The van der Waals surface area contributed by atoms with Gasteiger partial charge in [0, 0.05) is 12.8 Å². The summed E-state index contributed by atoms with van der Waals surface area (Å²) < 4.78 is 34.3. The zero-order valence-corrected chi connectivity index (χ0v) is 40.1. The highest BCUT2D eigenvalue weighted by molar-refractivity contribution is 7.47. The van der Waals surface area contributed by atoms with Crippen LogP contribution < -0.4 is 0 Å². The van der Waals surface area contributed by atoms with E-state index in [4.69, 9.17) is 18.5 Å². The number of esters is 2. The van der Waals surface area contributed by atoms with Gasteiger partial charge in [-0.25, -0.2) is 4.57 Å². The molecule has 0 amide bonds. The quantitative estimate of drug-likeness (QED) is 0.0154. The number of aliphatic hydroxyl groups excluding tert-OH is 1. The molecule has 0 saturated carbocycles. The second-order valence-corrected chi connectivity index (χ2v) is 18.4. The summed E-state index contributed by atoms with van der Waals surface area (Å²) in [6.45, 7) is 4.14. The summed E-state index contributed by atoms with van der Waals surface area (Å²) >= 11 is 0. The number of aliphatic hydroxyl groups is 1. The molecule has 2 unspecified atom stereocenters. The largest absolute Gasteiger partial charge is 0.472 e. The summed E-state index contributed by atoms with van der Waals surface area (Å²) in [7, 11) is 1.39. The van der Waals surface area contributed by atoms with Gasteiger partial charge in [0.05, 0.1) is 33.9 Å². The Balaban J connectivity index is 4.46. The first kappa shape index (κ1) is 58.4. The van der Waals surface area contributed by atoms with Crippen LogP contribution in [0.4, 0.5) is 0 Å². The average Bonchev–Trinajstić information content (AvgIpc) is 3.21. The number of phosphoric acid groups is 1. The highest BCUT2D eigenvalue weighted by atomic mass is 31.2. The van der Waals surface area contributed by atoms with Gasteiger partial charge in [-0.3, -0.25) is 18.6 Å². The van der Waals surface area contributed by atoms with Crippen LogP contribution in [0.2, 0.25) is 0 Å². The molecule has 0 fully saturated rings. The Morgan fingerprint density at radius 3 is 1.79 bits per heavy atom. The monoisotopic (exact) mass is 879 g/mol. The number of nitrogens with zero attached hydrogens (tertiary/aromatic N) is 1. The fraction of sp³-hybridized carbons (Fsp3) is 0.720. The predicted octanol–water partition coefficient (Wildman–Crippen LogP) is 12.8. The van der Waals surface area contributed by atoms with Crippen LogP contribution in [-0.2, 0) is 32.7 Å². The maximum Gasteiger partial charge on any atom is 0.472 e. The lowest BCUT2D eigenvalue weighted by molar-refractivity contribution is -0.870. The highest BCUT2D eigenvalue weighted by Gasteiger charge is 2.27. The predicted molar refractivity (Wildman–Crippen MR) is 253 cm³/mol. The Morgan fingerprint density at radius 1 is 0.607 bits per heavy atom. The van der Waals surface area contributed by atoms with Gasteiger partial charge < -0.3 is 24.0 Å². The van der Waals surface area contributed by atoms with E-state index in [1.54, 1.807) is 6.08 Å². The number of hydrogen-bond acceptors (Lipinski definition) is 8. The summed E-state index contributed by atoms with van der Waals surface area (Å²) in [5.74, 6) is -0.911. The van der Waals surface area contributed by atoms with Crippen LogP contribution in [0.15, 0.2) is 72.9 Å². The van der Waals surface area contributed by atoms with Gasteiger partial charge in [-0.1, -0.05) is 164 Å². The molecule has 0 heterocycles. The van der Waals surface area contributed by atoms with Gasteiger partial charge in [0.1, 0.15) is 19.8 Å². The van der Waals surface area contributed by atoms with Gasteiger partial charge >= 0.3 is 19.8 Å². The minimum absolute atomic E-state index is 0.00650. The number of quaternary nitrogens is 1. The van der Waals surface area contributed by atoms with E-state index < -0.39 is 38.6 Å². The lowest BCUT2D eigenvalue weighted by Crippen LogP contribution is -2.37. The molecule has 0 aromatic carbocycles. The van der Waals surface area contributed by atoms with Crippen molar-refractivity contribution in [1.29, 1.82) is 0 Å². The smallest absolute Gasteiger partial charge is 0.462 e. The zero-order valence-electron chi connectivity index (χ0n) is 39.2. The number of carbonyl (C=O) groups is 2. The molecule has 0 spiro atoms. The van der Waals surface area contributed by atoms with Crippen molar-refractivity contribution in [2.24, 2.45) is 0 Å². The van der Waals surface area contributed by atoms with Crippen LogP contribution in [-0.4, -0.2) is 86.1 Å². The van der Waals surface area contributed by atoms with Crippen LogP contribution in [0.25, 0.3) is 0 Å². The third kappa shape index (κ3) is 45.3. The topological polar surface area (TPSA) is 129 Å². The molecule has 61 heavy (non-hydrogen) atoms. The van der Waals surface area contributed by atoms with E-state index in [9.17, 15) is 24.2 Å². The second-order valence-electron chi connectivity index (χ2n) is 17.0. The van der Waals surface area contributed by atoms with E-state index in [1.807, 2.05) is 57.6 Å². The number of carbonyl (C=O) groups excluding carboxylic acids is 2. The molecule has 0 rings (SSSR count). The van der Waals surface area contributed by atoms with Gasteiger partial charge in [-0.2, -0.15) is 0 Å². The average molecular weight is 879 g/mol. The Morgan fingerprint density at radius 2 is 1.15 bits per heavy atom. The van der Waals surface area contributed by atoms with Gasteiger partial charge in [0.2, 0.25) is 0 Å². The number of unbranched alkanes of at least 4 members (excludes halogenated alkanes) is 16. The number of phosphoric ester groups is 1. The van der Waals surface area contributed by atoms with Crippen molar-refractivity contribution < 1.29 is 47.2 Å². The molecule has 0 aliphatic rings. The molecule has 0 bridgehead atoms. The van der Waals surface area contributed by atoms with Crippen molar-refractivity contribution >= 4 is 19.8 Å². The Bertz CT molecular complexity index is 1280. The molecule has 11 heteroatoms. The summed E-state index contributed by atoms with van der Waals surface area (Å²) in [4.78, 5) is 35.4. The molecule has 0 aliphatic carbocycles. The van der Waals surface area contributed by atoms with Crippen molar-refractivity contribution in [2.45, 2.75) is 187 Å². The van der Waals surface area contributed by atoms with Gasteiger partial charge in [0.15, 0.2) is 6.10 Å². The third-order valence-corrected chi connectivity index (χ3v) is 10.8. The van der Waals surface area contributed by atoms with E-state index in [1.165, 1.54) is 83.5 Å². The Labute approximate surface area is 372 Å². The van der Waals surface area contributed by atoms with E-state index in [0.717, 1.165) is 44.9 Å². The molecule has 10 nitrogen and oxygen atoms in total. The lowest BCUT2D eigenvalue weighted by atomic mass is 10.1. The van der Waals surface area contributed by atoms with Crippen molar-refractivity contribution in [2.75, 3.05) is 47.5 Å². The minimum Gasteiger partial charge on any atom is -0.462 e. The first-order chi connectivity index (χ1) is 29.4. The standard InChI is InChI=1S/C50H88NO9P/c1-6-8-10-12-14-15-16-17-18-19-20-21-22-23-24-25-29-33-37-41-49(53)57-45-48(46-59-61(55,56)58-44-43-51(3,4)5)60-50(54)42-38-34-30-27-26-28-32-36-40-47(52)39-35-31-13-11-9-7-2/h9,11,17-18,27-28,30-32,35-36,40,47-48,52H,6-8,10,12-16,19-26,29,33-34,37-39,41-46H2,1-5H3/p+1/b11-9-,18-17-,30-27-,32-28-,35-31-,40-36+/t47?,48-/m1/s1. The summed E-state index contributed by atoms with van der Waals surface area (Å²) in [6, 6.07) is 0. The molecule has 352 valence electrons. The Hall–Kier alpha value is -2.59. The van der Waals surface area contributed by atoms with Crippen LogP contribution in [0.5, 0.6) is 0 Å². The summed E-state index contributed by atoms with van der Waals surface area (Å²) in [5.41, 5.74) is 0. The molecule has 3 atom stereocenters. The molecule has 2 N–H and O–H groups in total. The van der Waals surface area contributed by atoms with Crippen LogP contribution in [0.1, 0.15) is 174 Å². The van der Waals surface area contributed by atoms with Gasteiger partial charge in [0.25, 0.3) is 0 Å². The molecular weight excluding hydrogens is 790 g/mol. The number of likely N-dealkylation sites (N-methyl/N-ethyl adjacent to an activating group) is 1. The van der Waals surface area contributed by atoms with Crippen molar-refractivity contribution in [3.05, 3.63) is 72.9 Å². The fourth-order valence-electron chi connectivity index (χ4n) is 6.07. The van der Waals surface area contributed by atoms with E-state index in [-0.39, 0.29) is 26.1 Å². The van der Waals surface area contributed by atoms with E-state index >= 15 is 0 Å². The Kier molecular flexibility index (Phi) is 39.7. The van der Waals surface area contributed by atoms with Crippen molar-refractivity contribution in [3.8, 4) is 0 Å². The van der Waals surface area contributed by atoms with Crippen molar-refractivity contribution in [3.63, 3.8) is 0 Å². The highest BCUT2D eigenvalue weighted by Crippen LogP contribution is 2.43. The lowest BCUT2D eigenvalue weighted by Gasteiger charge is -2.24. The molecule has 0 radical (unpaired) electrons. The molecular formula is C50H89NO9P+. The van der Waals surface area contributed by atoms with E-state index in [0.29, 0.717) is 30.3 Å². The van der Waals surface area contributed by atoms with E-state index in [2.05, 4.69) is 44.2 Å². The van der Waals surface area contributed by atoms with Crippen LogP contribution in [0, 0.1) is 0 Å². The van der Waals surface area contributed by atoms with Crippen LogP contribution >= 0.6 is 7.82 Å². The summed E-state index contributed by atoms with van der Waals surface area (Å²) in [6.07, 6.45) is 48.5. The van der Waals surface area contributed by atoms with Crippen molar-refractivity contribution in [1.82, 2.24) is 0 Å². The fourth-order valence-corrected chi connectivity index (χ4v) is 6.81. The zero-order chi connectivity index (χ0) is 45.1.